The van der Waals surface area contributed by atoms with Gasteiger partial charge in [0.25, 0.3) is 5.69 Å². The summed E-state index contributed by atoms with van der Waals surface area (Å²) in [4.78, 5) is 10.1. The maximum atomic E-state index is 12.1. The Morgan fingerprint density at radius 2 is 2.11 bits per heavy atom. The first-order valence-corrected chi connectivity index (χ1v) is 7.03. The fraction of sp³-hybridized carbons (Fsp3) is 0.455. The molecule has 106 valence electrons. The summed E-state index contributed by atoms with van der Waals surface area (Å²) in [5, 5.41) is 10.8. The van der Waals surface area contributed by atoms with Gasteiger partial charge in [-0.25, -0.2) is 13.1 Å². The zero-order valence-electron chi connectivity index (χ0n) is 10.9. The zero-order chi connectivity index (χ0) is 14.6. The van der Waals surface area contributed by atoms with Crippen molar-refractivity contribution in [1.29, 1.82) is 0 Å². The lowest BCUT2D eigenvalue weighted by Gasteiger charge is -2.14. The summed E-state index contributed by atoms with van der Waals surface area (Å²) in [5.74, 6) is 0. The standard InChI is InChI=1S/C11H16N2O5S/c1-8(7-18-3)12-19(16,17)11-6-4-5-10(9(11)2)13(14)15/h4-6,8,12H,7H2,1-3H3/t8-/m1/s1. The van der Waals surface area contributed by atoms with E-state index in [1.807, 2.05) is 0 Å². The molecule has 0 aliphatic carbocycles. The molecule has 0 aromatic heterocycles. The molecule has 0 spiro atoms. The molecule has 1 aromatic carbocycles. The second-order valence-electron chi connectivity index (χ2n) is 4.14. The van der Waals surface area contributed by atoms with E-state index < -0.39 is 21.0 Å². The van der Waals surface area contributed by atoms with Crippen molar-refractivity contribution in [3.05, 3.63) is 33.9 Å². The largest absolute Gasteiger partial charge is 0.383 e. The van der Waals surface area contributed by atoms with Gasteiger partial charge in [-0.05, 0) is 19.9 Å². The Hall–Kier alpha value is -1.51. The third kappa shape index (κ3) is 3.72. The summed E-state index contributed by atoms with van der Waals surface area (Å²) in [7, 11) is -2.34. The fourth-order valence-electron chi connectivity index (χ4n) is 1.70. The number of hydrogen-bond donors (Lipinski definition) is 1. The Labute approximate surface area is 111 Å². The van der Waals surface area contributed by atoms with E-state index in [2.05, 4.69) is 4.72 Å². The number of nitrogens with zero attached hydrogens (tertiary/aromatic N) is 1. The minimum atomic E-state index is -3.80. The minimum absolute atomic E-state index is 0.0929. The van der Waals surface area contributed by atoms with Gasteiger partial charge in [0.2, 0.25) is 10.0 Å². The van der Waals surface area contributed by atoms with Crippen LogP contribution in [0.1, 0.15) is 12.5 Å². The first-order valence-electron chi connectivity index (χ1n) is 5.55. The molecule has 0 radical (unpaired) electrons. The summed E-state index contributed by atoms with van der Waals surface area (Å²) in [6.07, 6.45) is 0. The second kappa shape index (κ2) is 6.09. The minimum Gasteiger partial charge on any atom is -0.383 e. The van der Waals surface area contributed by atoms with E-state index in [0.29, 0.717) is 0 Å². The van der Waals surface area contributed by atoms with E-state index in [1.165, 1.54) is 32.2 Å². The van der Waals surface area contributed by atoms with Crippen molar-refractivity contribution >= 4 is 15.7 Å². The summed E-state index contributed by atoms with van der Waals surface area (Å²) < 4.78 is 31.5. The molecule has 0 fully saturated rings. The third-order valence-corrected chi connectivity index (χ3v) is 4.25. The first kappa shape index (κ1) is 15.5. The van der Waals surface area contributed by atoms with Gasteiger partial charge in [0.1, 0.15) is 0 Å². The Balaban J connectivity index is 3.15. The Morgan fingerprint density at radius 1 is 1.47 bits per heavy atom. The van der Waals surface area contributed by atoms with Gasteiger partial charge in [0, 0.05) is 24.8 Å². The molecule has 8 heteroatoms. The van der Waals surface area contributed by atoms with Crippen LogP contribution in [-0.2, 0) is 14.8 Å². The van der Waals surface area contributed by atoms with E-state index in [1.54, 1.807) is 6.92 Å². The molecule has 0 saturated heterocycles. The molecule has 0 aliphatic heterocycles. The van der Waals surface area contributed by atoms with Crippen molar-refractivity contribution < 1.29 is 18.1 Å². The molecule has 0 aliphatic rings. The monoisotopic (exact) mass is 288 g/mol. The van der Waals surface area contributed by atoms with Crippen LogP contribution in [0.4, 0.5) is 5.69 Å². The lowest BCUT2D eigenvalue weighted by Crippen LogP contribution is -2.35. The average Bonchev–Trinajstić information content (AvgIpc) is 2.27. The van der Waals surface area contributed by atoms with E-state index in [0.717, 1.165) is 0 Å². The number of methoxy groups -OCH3 is 1. The second-order valence-corrected chi connectivity index (χ2v) is 5.82. The summed E-state index contributed by atoms with van der Waals surface area (Å²) >= 11 is 0. The van der Waals surface area contributed by atoms with Crippen LogP contribution in [0.5, 0.6) is 0 Å². The topological polar surface area (TPSA) is 98.5 Å². The molecule has 1 atom stereocenters. The Kier molecular flexibility index (Phi) is 4.98. The molecule has 1 aromatic rings. The summed E-state index contributed by atoms with van der Waals surface area (Å²) in [6, 6.07) is 3.53. The molecule has 0 bridgehead atoms. The molecule has 0 heterocycles. The maximum Gasteiger partial charge on any atom is 0.273 e. The highest BCUT2D eigenvalue weighted by Crippen LogP contribution is 2.24. The van der Waals surface area contributed by atoms with Crippen LogP contribution in [0.3, 0.4) is 0 Å². The first-order chi connectivity index (χ1) is 8.79. The van der Waals surface area contributed by atoms with E-state index >= 15 is 0 Å². The molecule has 0 unspecified atom stereocenters. The van der Waals surface area contributed by atoms with Crippen LogP contribution in [-0.4, -0.2) is 33.1 Å². The van der Waals surface area contributed by atoms with Gasteiger partial charge in [-0.15, -0.1) is 0 Å². The summed E-state index contributed by atoms with van der Waals surface area (Å²) in [5.41, 5.74) is -0.105. The Bertz CT molecular complexity index is 570. The average molecular weight is 288 g/mol. The van der Waals surface area contributed by atoms with Crippen LogP contribution in [0.25, 0.3) is 0 Å². The van der Waals surface area contributed by atoms with Gasteiger partial charge in [0.15, 0.2) is 0 Å². The number of nitro benzene ring substituents is 1. The number of nitrogens with one attached hydrogen (secondary N) is 1. The lowest BCUT2D eigenvalue weighted by molar-refractivity contribution is -0.385. The SMILES string of the molecule is COC[C@@H](C)NS(=O)(=O)c1cccc([N+](=O)[O-])c1C. The zero-order valence-corrected chi connectivity index (χ0v) is 11.7. The van der Waals surface area contributed by atoms with Gasteiger partial charge in [-0.2, -0.15) is 0 Å². The van der Waals surface area contributed by atoms with Crippen LogP contribution >= 0.6 is 0 Å². The highest BCUT2D eigenvalue weighted by molar-refractivity contribution is 7.89. The van der Waals surface area contributed by atoms with Crippen molar-refractivity contribution in [2.75, 3.05) is 13.7 Å². The predicted octanol–water partition coefficient (Wildman–Crippen LogP) is 1.22. The van der Waals surface area contributed by atoms with Crippen molar-refractivity contribution in [3.63, 3.8) is 0 Å². The van der Waals surface area contributed by atoms with E-state index in [-0.39, 0.29) is 22.8 Å². The lowest BCUT2D eigenvalue weighted by atomic mass is 10.2. The molecule has 19 heavy (non-hydrogen) atoms. The number of benzene rings is 1. The molecule has 0 amide bonds. The van der Waals surface area contributed by atoms with Gasteiger partial charge in [-0.3, -0.25) is 10.1 Å². The van der Waals surface area contributed by atoms with Gasteiger partial charge < -0.3 is 4.74 Å². The smallest absolute Gasteiger partial charge is 0.273 e. The van der Waals surface area contributed by atoms with Crippen molar-refractivity contribution in [2.45, 2.75) is 24.8 Å². The molecular weight excluding hydrogens is 272 g/mol. The van der Waals surface area contributed by atoms with Crippen LogP contribution < -0.4 is 4.72 Å². The number of ether oxygens (including phenoxy) is 1. The summed E-state index contributed by atoms with van der Waals surface area (Å²) in [6.45, 7) is 3.27. The number of hydrogen-bond acceptors (Lipinski definition) is 5. The molecule has 0 saturated carbocycles. The fourth-order valence-corrected chi connectivity index (χ4v) is 3.19. The molecular formula is C11H16N2O5S. The van der Waals surface area contributed by atoms with Crippen molar-refractivity contribution in [3.8, 4) is 0 Å². The number of sulfonamides is 1. The van der Waals surface area contributed by atoms with Crippen LogP contribution in [0, 0.1) is 17.0 Å². The van der Waals surface area contributed by atoms with Gasteiger partial charge >= 0.3 is 0 Å². The van der Waals surface area contributed by atoms with Crippen molar-refractivity contribution in [1.82, 2.24) is 4.72 Å². The Morgan fingerprint density at radius 3 is 2.63 bits per heavy atom. The van der Waals surface area contributed by atoms with E-state index in [9.17, 15) is 18.5 Å². The number of nitro groups is 1. The maximum absolute atomic E-state index is 12.1. The van der Waals surface area contributed by atoms with Crippen LogP contribution in [0.2, 0.25) is 0 Å². The third-order valence-electron chi connectivity index (χ3n) is 2.51. The van der Waals surface area contributed by atoms with Crippen molar-refractivity contribution in [2.24, 2.45) is 0 Å². The van der Waals surface area contributed by atoms with E-state index in [4.69, 9.17) is 4.74 Å². The molecule has 1 N–H and O–H groups in total. The number of rotatable bonds is 6. The highest BCUT2D eigenvalue weighted by Gasteiger charge is 2.24. The highest BCUT2D eigenvalue weighted by atomic mass is 32.2. The molecule has 7 nitrogen and oxygen atoms in total. The normalized spacial score (nSPS) is 13.2. The predicted molar refractivity (Wildman–Crippen MR) is 69.5 cm³/mol. The van der Waals surface area contributed by atoms with Crippen LogP contribution in [0.15, 0.2) is 23.1 Å². The molecule has 1 rings (SSSR count). The quantitative estimate of drug-likeness (QED) is 0.626. The van der Waals surface area contributed by atoms with Gasteiger partial charge in [0.05, 0.1) is 16.4 Å². The van der Waals surface area contributed by atoms with Gasteiger partial charge in [-0.1, -0.05) is 6.07 Å².